The summed E-state index contributed by atoms with van der Waals surface area (Å²) in [4.78, 5) is 0. The Balaban J connectivity index is 1.71. The third-order valence-electron chi connectivity index (χ3n) is 3.75. The number of aromatic nitrogens is 4. The third-order valence-corrected chi connectivity index (χ3v) is 4.43. The summed E-state index contributed by atoms with van der Waals surface area (Å²) in [5.74, 6) is 1.71. The molecule has 6 heteroatoms. The molecule has 0 amide bonds. The highest BCUT2D eigenvalue weighted by Gasteiger charge is 2.16. The molecule has 0 saturated heterocycles. The number of hydrogen-bond donors (Lipinski definition) is 1. The molecule has 1 aliphatic rings. The molecule has 3 heterocycles. The van der Waals surface area contributed by atoms with Crippen LogP contribution in [0.15, 0.2) is 29.0 Å². The Labute approximate surface area is 120 Å². The molecule has 3 aromatic heterocycles. The van der Waals surface area contributed by atoms with Crippen molar-refractivity contribution in [2.24, 2.45) is 0 Å². The predicted molar refractivity (Wildman–Crippen MR) is 80.0 cm³/mol. The summed E-state index contributed by atoms with van der Waals surface area (Å²) in [6, 6.07) is 6.55. The van der Waals surface area contributed by atoms with Crippen LogP contribution in [0.5, 0.6) is 0 Å². The van der Waals surface area contributed by atoms with Crippen molar-refractivity contribution in [3.63, 3.8) is 0 Å². The Hall–Kier alpha value is -1.95. The highest BCUT2D eigenvalue weighted by Crippen LogP contribution is 2.23. The number of hydrogen-bond acceptors (Lipinski definition) is 5. The molecule has 0 spiro atoms. The van der Waals surface area contributed by atoms with Crippen molar-refractivity contribution in [3.8, 4) is 11.4 Å². The van der Waals surface area contributed by atoms with E-state index in [1.54, 1.807) is 11.3 Å². The van der Waals surface area contributed by atoms with Gasteiger partial charge >= 0.3 is 0 Å². The molecule has 1 aliphatic carbocycles. The molecule has 1 saturated carbocycles. The molecule has 1 N–H and O–H groups in total. The van der Waals surface area contributed by atoms with E-state index in [1.807, 2.05) is 28.1 Å². The monoisotopic (exact) mass is 285 g/mol. The standard InChI is InChI=1S/C14H15N5S/c1-2-4-11(3-1)15-12-5-6-13-16-17-14(19(13)18-12)10-7-8-20-9-10/h5-9,11H,1-4H2,(H,15,18). The number of fused-ring (bicyclic) bond motifs is 1. The lowest BCUT2D eigenvalue weighted by Crippen LogP contribution is -2.16. The Kier molecular flexibility index (Phi) is 2.88. The fourth-order valence-corrected chi connectivity index (χ4v) is 3.35. The maximum Gasteiger partial charge on any atom is 0.186 e. The van der Waals surface area contributed by atoms with Gasteiger partial charge in [-0.3, -0.25) is 0 Å². The van der Waals surface area contributed by atoms with Crippen LogP contribution >= 0.6 is 11.3 Å². The lowest BCUT2D eigenvalue weighted by molar-refractivity contribution is 0.743. The third kappa shape index (κ3) is 2.06. The molecule has 0 aromatic carbocycles. The summed E-state index contributed by atoms with van der Waals surface area (Å²) in [6.45, 7) is 0. The fourth-order valence-electron chi connectivity index (χ4n) is 2.72. The van der Waals surface area contributed by atoms with Gasteiger partial charge in [0.25, 0.3) is 0 Å². The van der Waals surface area contributed by atoms with Crippen molar-refractivity contribution in [2.45, 2.75) is 31.7 Å². The maximum atomic E-state index is 4.64. The average molecular weight is 285 g/mol. The van der Waals surface area contributed by atoms with Gasteiger partial charge in [0.15, 0.2) is 11.5 Å². The molecule has 4 rings (SSSR count). The van der Waals surface area contributed by atoms with Gasteiger partial charge in [-0.15, -0.1) is 15.3 Å². The summed E-state index contributed by atoms with van der Waals surface area (Å²) in [7, 11) is 0. The Morgan fingerprint density at radius 1 is 1.15 bits per heavy atom. The molecule has 3 aromatic rings. The van der Waals surface area contributed by atoms with E-state index in [-0.39, 0.29) is 0 Å². The second-order valence-electron chi connectivity index (χ2n) is 5.15. The molecule has 0 aliphatic heterocycles. The van der Waals surface area contributed by atoms with Crippen molar-refractivity contribution in [1.29, 1.82) is 0 Å². The first-order valence-electron chi connectivity index (χ1n) is 6.92. The Bertz CT molecular complexity index is 712. The first-order valence-corrected chi connectivity index (χ1v) is 7.86. The van der Waals surface area contributed by atoms with Crippen molar-refractivity contribution >= 4 is 22.8 Å². The summed E-state index contributed by atoms with van der Waals surface area (Å²) >= 11 is 1.65. The van der Waals surface area contributed by atoms with Crippen LogP contribution in [0.3, 0.4) is 0 Å². The molecule has 0 atom stereocenters. The smallest absolute Gasteiger partial charge is 0.186 e. The molecular weight excluding hydrogens is 270 g/mol. The minimum Gasteiger partial charge on any atom is -0.366 e. The number of nitrogens with zero attached hydrogens (tertiary/aromatic N) is 4. The summed E-state index contributed by atoms with van der Waals surface area (Å²) < 4.78 is 1.82. The van der Waals surface area contributed by atoms with Crippen LogP contribution in [0.2, 0.25) is 0 Å². The largest absolute Gasteiger partial charge is 0.366 e. The minimum atomic E-state index is 0.557. The van der Waals surface area contributed by atoms with Crippen LogP contribution in [0.1, 0.15) is 25.7 Å². The second-order valence-corrected chi connectivity index (χ2v) is 5.93. The van der Waals surface area contributed by atoms with E-state index >= 15 is 0 Å². The van der Waals surface area contributed by atoms with Gasteiger partial charge in [0, 0.05) is 17.0 Å². The van der Waals surface area contributed by atoms with E-state index in [0.29, 0.717) is 6.04 Å². The number of anilines is 1. The number of thiophene rings is 1. The zero-order valence-electron chi connectivity index (χ0n) is 11.0. The maximum absolute atomic E-state index is 4.64. The molecule has 0 radical (unpaired) electrons. The van der Waals surface area contributed by atoms with E-state index < -0.39 is 0 Å². The van der Waals surface area contributed by atoms with Gasteiger partial charge < -0.3 is 5.32 Å². The molecular formula is C14H15N5S. The zero-order chi connectivity index (χ0) is 13.4. The van der Waals surface area contributed by atoms with Crippen molar-refractivity contribution < 1.29 is 0 Å². The van der Waals surface area contributed by atoms with Gasteiger partial charge in [-0.1, -0.05) is 12.8 Å². The second kappa shape index (κ2) is 4.86. The molecule has 5 nitrogen and oxygen atoms in total. The highest BCUT2D eigenvalue weighted by atomic mass is 32.1. The quantitative estimate of drug-likeness (QED) is 0.803. The SMILES string of the molecule is c1cc(-c2nnc3ccc(NC4CCCC4)nn23)cs1. The van der Waals surface area contributed by atoms with Crippen molar-refractivity contribution in [1.82, 2.24) is 19.8 Å². The molecule has 0 bridgehead atoms. The highest BCUT2D eigenvalue weighted by molar-refractivity contribution is 7.08. The molecule has 102 valence electrons. The van der Waals surface area contributed by atoms with Crippen molar-refractivity contribution in [3.05, 3.63) is 29.0 Å². The van der Waals surface area contributed by atoms with Crippen LogP contribution in [0.25, 0.3) is 17.0 Å². The summed E-state index contributed by atoms with van der Waals surface area (Å²) in [5.41, 5.74) is 1.84. The lowest BCUT2D eigenvalue weighted by Gasteiger charge is -2.12. The number of rotatable bonds is 3. The topological polar surface area (TPSA) is 55.1 Å². The van der Waals surface area contributed by atoms with E-state index in [1.165, 1.54) is 25.7 Å². The number of nitrogens with one attached hydrogen (secondary N) is 1. The lowest BCUT2D eigenvalue weighted by atomic mass is 10.2. The van der Waals surface area contributed by atoms with Crippen LogP contribution in [-0.2, 0) is 0 Å². The van der Waals surface area contributed by atoms with Crippen LogP contribution in [0.4, 0.5) is 5.82 Å². The Morgan fingerprint density at radius 2 is 2.05 bits per heavy atom. The van der Waals surface area contributed by atoms with Gasteiger partial charge in [0.2, 0.25) is 0 Å². The van der Waals surface area contributed by atoms with Gasteiger partial charge in [-0.05, 0) is 36.4 Å². The van der Waals surface area contributed by atoms with Gasteiger partial charge in [-0.25, -0.2) is 0 Å². The van der Waals surface area contributed by atoms with Crippen LogP contribution in [-0.4, -0.2) is 25.9 Å². The van der Waals surface area contributed by atoms with Gasteiger partial charge in [0.05, 0.1) is 0 Å². The molecule has 20 heavy (non-hydrogen) atoms. The van der Waals surface area contributed by atoms with E-state index in [0.717, 1.165) is 22.9 Å². The molecule has 1 fully saturated rings. The zero-order valence-corrected chi connectivity index (χ0v) is 11.8. The van der Waals surface area contributed by atoms with Gasteiger partial charge in [0.1, 0.15) is 5.82 Å². The van der Waals surface area contributed by atoms with E-state index in [4.69, 9.17) is 0 Å². The first-order chi connectivity index (χ1) is 9.90. The Morgan fingerprint density at radius 3 is 2.85 bits per heavy atom. The van der Waals surface area contributed by atoms with E-state index in [2.05, 4.69) is 26.0 Å². The summed E-state index contributed by atoms with van der Waals surface area (Å²) in [6.07, 6.45) is 5.10. The summed E-state index contributed by atoms with van der Waals surface area (Å²) in [5, 5.41) is 20.7. The molecule has 0 unspecified atom stereocenters. The van der Waals surface area contributed by atoms with Crippen molar-refractivity contribution in [2.75, 3.05) is 5.32 Å². The average Bonchev–Trinajstić information content (AvgIpc) is 3.19. The van der Waals surface area contributed by atoms with Gasteiger partial charge in [-0.2, -0.15) is 15.9 Å². The van der Waals surface area contributed by atoms with Crippen LogP contribution < -0.4 is 5.32 Å². The predicted octanol–water partition coefficient (Wildman–Crippen LogP) is 3.21. The first kappa shape index (κ1) is 11.8. The minimum absolute atomic E-state index is 0.557. The van der Waals surface area contributed by atoms with E-state index in [9.17, 15) is 0 Å². The van der Waals surface area contributed by atoms with Crippen LogP contribution in [0, 0.1) is 0 Å². The fraction of sp³-hybridized carbons (Fsp3) is 0.357. The normalized spacial score (nSPS) is 16.0.